The molecule has 0 unspecified atom stereocenters. The molecule has 0 aliphatic carbocycles. The molecule has 0 fully saturated rings. The van der Waals surface area contributed by atoms with Gasteiger partial charge in [-0.3, -0.25) is 0 Å². The van der Waals surface area contributed by atoms with Crippen LogP contribution in [0, 0.1) is 5.92 Å². The first-order valence-electron chi connectivity index (χ1n) is 8.35. The summed E-state index contributed by atoms with van der Waals surface area (Å²) in [6.07, 6.45) is 2.80. The number of rotatable bonds is 8. The van der Waals surface area contributed by atoms with Gasteiger partial charge >= 0.3 is 0 Å². The molecule has 2 aromatic heterocycles. The Labute approximate surface area is 151 Å². The summed E-state index contributed by atoms with van der Waals surface area (Å²) < 4.78 is 13.0. The van der Waals surface area contributed by atoms with Crippen LogP contribution in [0.2, 0.25) is 0 Å². The Kier molecular flexibility index (Phi) is 5.88. The predicted molar refractivity (Wildman–Crippen MR) is 97.7 cm³/mol. The van der Waals surface area contributed by atoms with Gasteiger partial charge in [-0.25, -0.2) is 4.68 Å². The number of hydrogen-bond acceptors (Lipinski definition) is 6. The number of aromatic nitrogens is 4. The molecule has 0 aliphatic heterocycles. The number of benzene rings is 1. The van der Waals surface area contributed by atoms with E-state index >= 15 is 0 Å². The highest BCUT2D eigenvalue weighted by molar-refractivity contribution is 7.98. The van der Waals surface area contributed by atoms with Gasteiger partial charge in [0.25, 0.3) is 11.1 Å². The van der Waals surface area contributed by atoms with Crippen molar-refractivity contribution < 1.29 is 9.15 Å². The van der Waals surface area contributed by atoms with Crippen LogP contribution in [0.3, 0.4) is 0 Å². The molecule has 0 spiro atoms. The zero-order valence-electron chi connectivity index (χ0n) is 14.7. The van der Waals surface area contributed by atoms with E-state index in [1.54, 1.807) is 0 Å². The minimum Gasteiger partial charge on any atom is -0.411 e. The Bertz CT molecular complexity index is 799. The van der Waals surface area contributed by atoms with Crippen LogP contribution >= 0.6 is 11.8 Å². The fourth-order valence-corrected chi connectivity index (χ4v) is 2.98. The predicted octanol–water partition coefficient (Wildman–Crippen LogP) is 4.21. The minimum atomic E-state index is 0.479. The second-order valence-corrected chi connectivity index (χ2v) is 6.87. The lowest BCUT2D eigenvalue weighted by Gasteiger charge is -2.02. The Hall–Kier alpha value is -2.12. The van der Waals surface area contributed by atoms with Crippen molar-refractivity contribution in [3.05, 3.63) is 42.2 Å². The van der Waals surface area contributed by atoms with Crippen LogP contribution in [0.4, 0.5) is 0 Å². The van der Waals surface area contributed by atoms with Gasteiger partial charge in [-0.15, -0.1) is 10.2 Å². The Morgan fingerprint density at radius 2 is 2.00 bits per heavy atom. The van der Waals surface area contributed by atoms with Gasteiger partial charge in [0.05, 0.1) is 16.9 Å². The molecular weight excluding hydrogens is 336 g/mol. The Morgan fingerprint density at radius 3 is 2.72 bits per heavy atom. The minimum absolute atomic E-state index is 0.479. The molecule has 3 aromatic rings. The summed E-state index contributed by atoms with van der Waals surface area (Å²) in [6, 6.07) is 10.0. The summed E-state index contributed by atoms with van der Waals surface area (Å²) in [4.78, 5) is 0. The molecule has 1 aromatic carbocycles. The van der Waals surface area contributed by atoms with Crippen LogP contribution in [0.15, 0.2) is 46.2 Å². The van der Waals surface area contributed by atoms with Crippen molar-refractivity contribution in [1.82, 2.24) is 20.0 Å². The van der Waals surface area contributed by atoms with E-state index in [0.717, 1.165) is 23.4 Å². The summed E-state index contributed by atoms with van der Waals surface area (Å²) in [5.41, 5.74) is 2.85. The van der Waals surface area contributed by atoms with Crippen molar-refractivity contribution in [3.63, 3.8) is 0 Å². The molecule has 0 N–H and O–H groups in total. The van der Waals surface area contributed by atoms with Crippen LogP contribution in [-0.4, -0.2) is 32.5 Å². The van der Waals surface area contributed by atoms with E-state index in [9.17, 15) is 0 Å². The quantitative estimate of drug-likeness (QED) is 0.341. The first-order valence-corrected chi connectivity index (χ1v) is 9.34. The molecule has 2 heterocycles. The molecule has 0 aliphatic rings. The topological polar surface area (TPSA) is 66.0 Å². The Morgan fingerprint density at radius 1 is 1.20 bits per heavy atom. The number of hydrogen-bond donors (Lipinski definition) is 0. The lowest BCUT2D eigenvalue weighted by atomic mass is 10.1. The van der Waals surface area contributed by atoms with Crippen molar-refractivity contribution in [2.24, 2.45) is 5.92 Å². The molecule has 0 radical (unpaired) electrons. The second kappa shape index (κ2) is 8.31. The zero-order valence-corrected chi connectivity index (χ0v) is 15.5. The van der Waals surface area contributed by atoms with Gasteiger partial charge in [0.1, 0.15) is 5.94 Å². The van der Waals surface area contributed by atoms with Gasteiger partial charge in [-0.1, -0.05) is 32.0 Å². The highest BCUT2D eigenvalue weighted by atomic mass is 32.2. The first kappa shape index (κ1) is 17.7. The number of para-hydroxylation sites is 1. The van der Waals surface area contributed by atoms with Crippen LogP contribution in [0.25, 0.3) is 17.1 Å². The molecule has 6 nitrogen and oxygen atoms in total. The van der Waals surface area contributed by atoms with Gasteiger partial charge in [-0.2, -0.15) is 5.10 Å². The molecule has 0 atom stereocenters. The zero-order chi connectivity index (χ0) is 17.6. The number of thioether (sulfide) groups is 1. The highest BCUT2D eigenvalue weighted by Gasteiger charge is 2.18. The summed E-state index contributed by atoms with van der Waals surface area (Å²) in [5, 5.41) is 13.5. The van der Waals surface area contributed by atoms with Crippen LogP contribution in [0.1, 0.15) is 26.5 Å². The second-order valence-electron chi connectivity index (χ2n) is 6.00. The van der Waals surface area contributed by atoms with Crippen LogP contribution in [-0.2, 0) is 11.2 Å². The van der Waals surface area contributed by atoms with E-state index in [2.05, 4.69) is 24.0 Å². The third-order valence-electron chi connectivity index (χ3n) is 3.52. The lowest BCUT2D eigenvalue weighted by molar-refractivity contribution is 0.198. The molecule has 0 amide bonds. The first-order chi connectivity index (χ1) is 12.2. The standard InChI is InChI=1S/C18H22N4O2S/c1-4-23-12-25-18-20-19-17(24-18)15-11-22(14-8-6-5-7-9-14)21-16(15)10-13(2)3/h5-9,11,13H,4,10,12H2,1-3H3. The van der Waals surface area contributed by atoms with Crippen molar-refractivity contribution in [3.8, 4) is 17.1 Å². The summed E-state index contributed by atoms with van der Waals surface area (Å²) in [6.45, 7) is 6.96. The van der Waals surface area contributed by atoms with E-state index in [-0.39, 0.29) is 0 Å². The average Bonchev–Trinajstić information content (AvgIpc) is 3.22. The van der Waals surface area contributed by atoms with E-state index in [1.165, 1.54) is 11.8 Å². The van der Waals surface area contributed by atoms with Crippen molar-refractivity contribution in [2.75, 3.05) is 12.5 Å². The van der Waals surface area contributed by atoms with Crippen molar-refractivity contribution in [2.45, 2.75) is 32.4 Å². The maximum absolute atomic E-state index is 5.80. The largest absolute Gasteiger partial charge is 0.411 e. The molecule has 3 rings (SSSR count). The maximum atomic E-state index is 5.80. The van der Waals surface area contributed by atoms with Crippen molar-refractivity contribution >= 4 is 11.8 Å². The van der Waals surface area contributed by atoms with E-state index in [1.807, 2.05) is 48.1 Å². The summed E-state index contributed by atoms with van der Waals surface area (Å²) in [7, 11) is 0. The highest BCUT2D eigenvalue weighted by Crippen LogP contribution is 2.28. The molecule has 0 saturated carbocycles. The van der Waals surface area contributed by atoms with Crippen molar-refractivity contribution in [1.29, 1.82) is 0 Å². The van der Waals surface area contributed by atoms with Crippen LogP contribution < -0.4 is 0 Å². The van der Waals surface area contributed by atoms with E-state index in [4.69, 9.17) is 14.3 Å². The number of ether oxygens (including phenoxy) is 1. The third kappa shape index (κ3) is 4.49. The van der Waals surface area contributed by atoms with Gasteiger partial charge in [0.15, 0.2) is 0 Å². The molecule has 25 heavy (non-hydrogen) atoms. The van der Waals surface area contributed by atoms with Crippen LogP contribution in [0.5, 0.6) is 0 Å². The molecular formula is C18H22N4O2S. The monoisotopic (exact) mass is 358 g/mol. The normalized spacial score (nSPS) is 11.4. The molecule has 132 valence electrons. The van der Waals surface area contributed by atoms with Gasteiger partial charge in [0.2, 0.25) is 0 Å². The summed E-state index contributed by atoms with van der Waals surface area (Å²) in [5.74, 6) is 1.48. The molecule has 0 saturated heterocycles. The number of nitrogens with zero attached hydrogens (tertiary/aromatic N) is 4. The van der Waals surface area contributed by atoms with Gasteiger partial charge in [-0.05, 0) is 43.2 Å². The fourth-order valence-electron chi connectivity index (χ4n) is 2.39. The van der Waals surface area contributed by atoms with E-state index in [0.29, 0.717) is 29.6 Å². The maximum Gasteiger partial charge on any atom is 0.279 e. The average molecular weight is 358 g/mol. The SMILES string of the molecule is CCOCSc1nnc(-c2cn(-c3ccccc3)nc2CC(C)C)o1. The Balaban J connectivity index is 1.90. The summed E-state index contributed by atoms with van der Waals surface area (Å²) >= 11 is 1.39. The molecule has 0 bridgehead atoms. The molecule has 7 heteroatoms. The fraction of sp³-hybridized carbons (Fsp3) is 0.389. The van der Waals surface area contributed by atoms with Gasteiger partial charge in [0, 0.05) is 12.8 Å². The van der Waals surface area contributed by atoms with E-state index < -0.39 is 0 Å². The lowest BCUT2D eigenvalue weighted by Crippen LogP contribution is -1.99. The van der Waals surface area contributed by atoms with Gasteiger partial charge < -0.3 is 9.15 Å². The smallest absolute Gasteiger partial charge is 0.279 e. The third-order valence-corrected chi connectivity index (χ3v) is 4.22.